The topological polar surface area (TPSA) is 61.0 Å². The highest BCUT2D eigenvalue weighted by Gasteiger charge is 2.21. The van der Waals surface area contributed by atoms with Crippen molar-refractivity contribution in [3.8, 4) is 11.4 Å². The molecule has 0 bridgehead atoms. The molecule has 122 valence electrons. The maximum atomic E-state index is 12.5. The SMILES string of the molecule is CCCN1CCC[C@H](NC(=O)c2cccc(-c3ncc[nH]3)c2)C1. The van der Waals surface area contributed by atoms with E-state index in [0.717, 1.165) is 50.3 Å². The first-order valence-electron chi connectivity index (χ1n) is 8.39. The summed E-state index contributed by atoms with van der Waals surface area (Å²) in [5.41, 5.74) is 1.62. The maximum Gasteiger partial charge on any atom is 0.251 e. The minimum atomic E-state index is 0.00162. The van der Waals surface area contributed by atoms with Crippen molar-refractivity contribution in [1.29, 1.82) is 0 Å². The molecule has 1 aromatic carbocycles. The lowest BCUT2D eigenvalue weighted by Gasteiger charge is -2.32. The van der Waals surface area contributed by atoms with Crippen molar-refractivity contribution in [2.75, 3.05) is 19.6 Å². The molecule has 5 nitrogen and oxygen atoms in total. The number of amides is 1. The van der Waals surface area contributed by atoms with Crippen LogP contribution in [0.5, 0.6) is 0 Å². The van der Waals surface area contributed by atoms with Gasteiger partial charge in [-0.3, -0.25) is 4.79 Å². The van der Waals surface area contributed by atoms with Crippen LogP contribution in [-0.4, -0.2) is 46.5 Å². The Morgan fingerprint density at radius 2 is 2.39 bits per heavy atom. The van der Waals surface area contributed by atoms with E-state index in [2.05, 4.69) is 27.1 Å². The number of likely N-dealkylation sites (tertiary alicyclic amines) is 1. The molecule has 0 unspecified atom stereocenters. The number of carbonyl (C=O) groups excluding carboxylic acids is 1. The number of hydrogen-bond donors (Lipinski definition) is 2. The summed E-state index contributed by atoms with van der Waals surface area (Å²) in [4.78, 5) is 22.3. The summed E-state index contributed by atoms with van der Waals surface area (Å²) < 4.78 is 0. The lowest BCUT2D eigenvalue weighted by atomic mass is 10.0. The summed E-state index contributed by atoms with van der Waals surface area (Å²) in [5, 5.41) is 3.18. The van der Waals surface area contributed by atoms with Gasteiger partial charge in [0.05, 0.1) is 0 Å². The second-order valence-corrected chi connectivity index (χ2v) is 6.13. The number of aromatic amines is 1. The van der Waals surface area contributed by atoms with Gasteiger partial charge in [0.15, 0.2) is 0 Å². The lowest BCUT2D eigenvalue weighted by molar-refractivity contribution is 0.0904. The summed E-state index contributed by atoms with van der Waals surface area (Å²) in [7, 11) is 0. The van der Waals surface area contributed by atoms with Crippen LogP contribution in [0.4, 0.5) is 0 Å². The molecule has 0 radical (unpaired) electrons. The summed E-state index contributed by atoms with van der Waals surface area (Å²) in [6.45, 7) is 5.41. The maximum absolute atomic E-state index is 12.5. The summed E-state index contributed by atoms with van der Waals surface area (Å²) in [6, 6.07) is 7.85. The van der Waals surface area contributed by atoms with E-state index in [9.17, 15) is 4.79 Å². The van der Waals surface area contributed by atoms with Crippen LogP contribution in [0.25, 0.3) is 11.4 Å². The molecule has 0 spiro atoms. The Bertz CT molecular complexity index is 636. The average molecular weight is 312 g/mol. The molecule has 2 N–H and O–H groups in total. The number of piperidine rings is 1. The average Bonchev–Trinajstić information content (AvgIpc) is 3.10. The molecule has 2 heterocycles. The minimum absolute atomic E-state index is 0.00162. The molecule has 0 saturated carbocycles. The molecule has 1 fully saturated rings. The first-order valence-corrected chi connectivity index (χ1v) is 8.39. The van der Waals surface area contributed by atoms with Gasteiger partial charge in [-0.15, -0.1) is 0 Å². The van der Waals surface area contributed by atoms with Crippen molar-refractivity contribution in [3.63, 3.8) is 0 Å². The van der Waals surface area contributed by atoms with Gasteiger partial charge in [0.2, 0.25) is 0 Å². The standard InChI is InChI=1S/C18H24N4O/c1-2-10-22-11-4-7-16(13-22)21-18(23)15-6-3-5-14(12-15)17-19-8-9-20-17/h3,5-6,8-9,12,16H,2,4,7,10-11,13H2,1H3,(H,19,20)(H,21,23)/t16-/m0/s1. The van der Waals surface area contributed by atoms with Crippen molar-refractivity contribution in [2.45, 2.75) is 32.2 Å². The molecule has 23 heavy (non-hydrogen) atoms. The minimum Gasteiger partial charge on any atom is -0.348 e. The first-order chi connectivity index (χ1) is 11.3. The second-order valence-electron chi connectivity index (χ2n) is 6.13. The predicted octanol–water partition coefficient (Wildman–Crippen LogP) is 2.68. The van der Waals surface area contributed by atoms with Crippen LogP contribution in [0.15, 0.2) is 36.7 Å². The van der Waals surface area contributed by atoms with Crippen LogP contribution in [0.3, 0.4) is 0 Å². The number of benzene rings is 1. The Hall–Kier alpha value is -2.14. The van der Waals surface area contributed by atoms with E-state index < -0.39 is 0 Å². The van der Waals surface area contributed by atoms with Crippen molar-refractivity contribution in [3.05, 3.63) is 42.2 Å². The first kappa shape index (κ1) is 15.7. The molecule has 1 atom stereocenters. The molecule has 1 aromatic heterocycles. The fourth-order valence-corrected chi connectivity index (χ4v) is 3.19. The molecular formula is C18H24N4O. The van der Waals surface area contributed by atoms with Crippen molar-refractivity contribution in [2.24, 2.45) is 0 Å². The van der Waals surface area contributed by atoms with Gasteiger partial charge in [-0.2, -0.15) is 0 Å². The van der Waals surface area contributed by atoms with Crippen LogP contribution in [0.2, 0.25) is 0 Å². The highest BCUT2D eigenvalue weighted by molar-refractivity contribution is 5.95. The van der Waals surface area contributed by atoms with Crippen molar-refractivity contribution < 1.29 is 4.79 Å². The van der Waals surface area contributed by atoms with E-state index in [1.807, 2.05) is 24.3 Å². The highest BCUT2D eigenvalue weighted by Crippen LogP contribution is 2.17. The van der Waals surface area contributed by atoms with Gasteiger partial charge in [0.25, 0.3) is 5.91 Å². The fourth-order valence-electron chi connectivity index (χ4n) is 3.19. The Labute approximate surface area is 137 Å². The molecule has 1 amide bonds. The molecule has 1 aliphatic heterocycles. The molecule has 3 rings (SSSR count). The van der Waals surface area contributed by atoms with Gasteiger partial charge >= 0.3 is 0 Å². The Morgan fingerprint density at radius 1 is 1.48 bits per heavy atom. The zero-order valence-corrected chi connectivity index (χ0v) is 13.6. The van der Waals surface area contributed by atoms with Crippen LogP contribution in [0, 0.1) is 0 Å². The molecule has 1 aliphatic rings. The van der Waals surface area contributed by atoms with Gasteiger partial charge in [-0.05, 0) is 44.5 Å². The van der Waals surface area contributed by atoms with Crippen LogP contribution in [0.1, 0.15) is 36.5 Å². The van der Waals surface area contributed by atoms with Gasteiger partial charge in [0, 0.05) is 36.1 Å². The number of nitrogens with one attached hydrogen (secondary N) is 2. The zero-order valence-electron chi connectivity index (χ0n) is 13.6. The van der Waals surface area contributed by atoms with E-state index in [-0.39, 0.29) is 11.9 Å². The summed E-state index contributed by atoms with van der Waals surface area (Å²) >= 11 is 0. The number of hydrogen-bond acceptors (Lipinski definition) is 3. The smallest absolute Gasteiger partial charge is 0.251 e. The van der Waals surface area contributed by atoms with Gasteiger partial charge in [-0.1, -0.05) is 19.1 Å². The number of carbonyl (C=O) groups is 1. The predicted molar refractivity (Wildman–Crippen MR) is 91.2 cm³/mol. The zero-order chi connectivity index (χ0) is 16.1. The normalized spacial score (nSPS) is 18.7. The van der Waals surface area contributed by atoms with Crippen LogP contribution < -0.4 is 5.32 Å². The third-order valence-electron chi connectivity index (χ3n) is 4.28. The second kappa shape index (κ2) is 7.42. The number of rotatable bonds is 5. The van der Waals surface area contributed by atoms with Gasteiger partial charge in [0.1, 0.15) is 5.82 Å². The molecule has 2 aromatic rings. The quantitative estimate of drug-likeness (QED) is 0.892. The van der Waals surface area contributed by atoms with E-state index in [1.54, 1.807) is 12.4 Å². The number of aromatic nitrogens is 2. The Balaban J connectivity index is 1.65. The van der Waals surface area contributed by atoms with Crippen molar-refractivity contribution in [1.82, 2.24) is 20.2 Å². The van der Waals surface area contributed by atoms with E-state index in [1.165, 1.54) is 0 Å². The van der Waals surface area contributed by atoms with E-state index in [4.69, 9.17) is 0 Å². The van der Waals surface area contributed by atoms with E-state index in [0.29, 0.717) is 5.56 Å². The molecule has 1 saturated heterocycles. The third kappa shape index (κ3) is 3.99. The molecule has 5 heteroatoms. The van der Waals surface area contributed by atoms with Crippen LogP contribution >= 0.6 is 0 Å². The number of H-pyrrole nitrogens is 1. The largest absolute Gasteiger partial charge is 0.348 e. The number of imidazole rings is 1. The fraction of sp³-hybridized carbons (Fsp3) is 0.444. The van der Waals surface area contributed by atoms with E-state index >= 15 is 0 Å². The molecule has 0 aliphatic carbocycles. The highest BCUT2D eigenvalue weighted by atomic mass is 16.1. The van der Waals surface area contributed by atoms with Gasteiger partial charge in [-0.25, -0.2) is 4.98 Å². The van der Waals surface area contributed by atoms with Crippen molar-refractivity contribution >= 4 is 5.91 Å². The Morgan fingerprint density at radius 3 is 3.17 bits per heavy atom. The van der Waals surface area contributed by atoms with Crippen LogP contribution in [-0.2, 0) is 0 Å². The third-order valence-corrected chi connectivity index (χ3v) is 4.28. The summed E-state index contributed by atoms with van der Waals surface area (Å²) in [5.74, 6) is 0.785. The summed E-state index contributed by atoms with van der Waals surface area (Å²) in [6.07, 6.45) is 6.87. The lowest BCUT2D eigenvalue weighted by Crippen LogP contribution is -2.47. The Kier molecular flexibility index (Phi) is 5.08. The number of nitrogens with zero attached hydrogens (tertiary/aromatic N) is 2. The van der Waals surface area contributed by atoms with Gasteiger partial charge < -0.3 is 15.2 Å². The monoisotopic (exact) mass is 312 g/mol. The molecular weight excluding hydrogens is 288 g/mol.